The van der Waals surface area contributed by atoms with Gasteiger partial charge in [0.1, 0.15) is 0 Å². The van der Waals surface area contributed by atoms with E-state index < -0.39 is 9.05 Å². The molecule has 0 unspecified atom stereocenters. The van der Waals surface area contributed by atoms with Crippen molar-refractivity contribution in [1.82, 2.24) is 0 Å². The van der Waals surface area contributed by atoms with Crippen LogP contribution in [0.1, 0.15) is 1.43 Å². The molecule has 0 aliphatic rings. The van der Waals surface area contributed by atoms with Gasteiger partial charge in [-0.15, -0.1) is 0 Å². The van der Waals surface area contributed by atoms with Crippen molar-refractivity contribution in [2.24, 2.45) is 0 Å². The van der Waals surface area contributed by atoms with E-state index in [0.717, 1.165) is 0 Å². The van der Waals surface area contributed by atoms with E-state index in [1.807, 2.05) is 0 Å². The molecule has 8 heteroatoms. The predicted molar refractivity (Wildman–Crippen MR) is 15.7 cm³/mol. The van der Waals surface area contributed by atoms with Crippen molar-refractivity contribution in [3.8, 4) is 0 Å². The average Bonchev–Trinajstić information content (AvgIpc) is 0.722. The quantitative estimate of drug-likeness (QED) is 0.309. The molecule has 0 atom stereocenters. The molecule has 0 rings (SSSR count). The van der Waals surface area contributed by atoms with Crippen LogP contribution < -0.4 is 29.6 Å². The Labute approximate surface area is 96.9 Å². The van der Waals surface area contributed by atoms with Crippen molar-refractivity contribution >= 4 is 9.05 Å². The maximum atomic E-state index is 7.33. The van der Waals surface area contributed by atoms with Crippen LogP contribution in [0.5, 0.6) is 0 Å². The smallest absolute Gasteiger partial charge is 1.00 e. The fourth-order valence-electron chi connectivity index (χ4n) is 0. The van der Waals surface area contributed by atoms with Gasteiger partial charge in [-0.2, -0.15) is 0 Å². The van der Waals surface area contributed by atoms with Gasteiger partial charge in [-0.25, -0.2) is 0 Å². The first-order chi connectivity index (χ1) is 2.00. The summed E-state index contributed by atoms with van der Waals surface area (Å²) in [6, 6.07) is 0. The van der Waals surface area contributed by atoms with Crippen LogP contribution in [0.2, 0.25) is 0 Å². The van der Waals surface area contributed by atoms with Gasteiger partial charge in [-0.1, -0.05) is 0 Å². The minimum Gasteiger partial charge on any atom is -1.00 e. The zero-order valence-corrected chi connectivity index (χ0v) is 9.91. The van der Waals surface area contributed by atoms with Gasteiger partial charge in [0.15, 0.2) is 0 Å². The summed E-state index contributed by atoms with van der Waals surface area (Å²) >= 11 is 0. The number of hydrogen-bond donors (Lipinski definition) is 4. The molecule has 0 aliphatic carbocycles. The molecule has 0 aliphatic heterocycles. The molecule has 0 heterocycles. The van der Waals surface area contributed by atoms with E-state index in [1.54, 1.807) is 0 Å². The molecular formula is H5MnNaO4SiTi. The van der Waals surface area contributed by atoms with Crippen LogP contribution in [-0.4, -0.2) is 28.2 Å². The fourth-order valence-corrected chi connectivity index (χ4v) is 0. The van der Waals surface area contributed by atoms with Crippen molar-refractivity contribution < 1.29 is 89.0 Å². The van der Waals surface area contributed by atoms with Crippen LogP contribution >= 0.6 is 0 Å². The Morgan fingerprint density at radius 3 is 1.00 bits per heavy atom. The summed E-state index contributed by atoms with van der Waals surface area (Å²) < 4.78 is 0. The molecule has 4 nitrogen and oxygen atoms in total. The van der Waals surface area contributed by atoms with Crippen LogP contribution in [0, 0.1) is 0 Å². The van der Waals surface area contributed by atoms with Crippen molar-refractivity contribution in [3.05, 3.63) is 0 Å². The standard InChI is InChI=1S/Mn.Na.H4O4Si.Ti.H/c;;1-5(2,3)4;;/h;;1-4H;;/q;+1;;;-1. The van der Waals surface area contributed by atoms with Crippen LogP contribution in [0.25, 0.3) is 0 Å². The third-order valence-corrected chi connectivity index (χ3v) is 0. The molecule has 0 saturated carbocycles. The molecule has 0 aromatic carbocycles. The maximum Gasteiger partial charge on any atom is 1.00 e. The minimum atomic E-state index is -4.61. The Morgan fingerprint density at radius 2 is 1.00 bits per heavy atom. The van der Waals surface area contributed by atoms with E-state index >= 15 is 0 Å². The summed E-state index contributed by atoms with van der Waals surface area (Å²) in [6.45, 7) is 0. The molecule has 8 heavy (non-hydrogen) atoms. The van der Waals surface area contributed by atoms with E-state index in [1.165, 1.54) is 0 Å². The van der Waals surface area contributed by atoms with Gasteiger partial charge < -0.3 is 20.6 Å². The second kappa shape index (κ2) is 9.29. The van der Waals surface area contributed by atoms with Crippen molar-refractivity contribution in [2.75, 3.05) is 0 Å². The van der Waals surface area contributed by atoms with Gasteiger partial charge in [0.05, 0.1) is 0 Å². The Hall–Kier alpha value is 2.29. The summed E-state index contributed by atoms with van der Waals surface area (Å²) in [5, 5.41) is 0. The summed E-state index contributed by atoms with van der Waals surface area (Å²) in [6.07, 6.45) is 0. The second-order valence-corrected chi connectivity index (χ2v) is 1.80. The average molecular weight is 223 g/mol. The normalized spacial score (nSPS) is 7.50. The third kappa shape index (κ3) is 84.0. The molecule has 0 aromatic rings. The molecule has 4 N–H and O–H groups in total. The van der Waals surface area contributed by atoms with Gasteiger partial charge in [0.25, 0.3) is 0 Å². The summed E-state index contributed by atoms with van der Waals surface area (Å²) in [5.74, 6) is 0. The largest absolute Gasteiger partial charge is 1.00 e. The van der Waals surface area contributed by atoms with Crippen LogP contribution in [0.15, 0.2) is 0 Å². The maximum absolute atomic E-state index is 7.33. The van der Waals surface area contributed by atoms with E-state index in [4.69, 9.17) is 19.2 Å². The molecular weight excluding hydrogens is 218 g/mol. The summed E-state index contributed by atoms with van der Waals surface area (Å²) in [7, 11) is -4.61. The van der Waals surface area contributed by atoms with Crippen LogP contribution in [0.3, 0.4) is 0 Å². The molecule has 1 radical (unpaired) electrons. The monoisotopic (exact) mass is 223 g/mol. The fraction of sp³-hybridized carbons (Fsp3) is 0. The Balaban J connectivity index is -0.0000000133. The zero-order valence-electron chi connectivity index (χ0n) is 5.17. The predicted octanol–water partition coefficient (Wildman–Crippen LogP) is -5.50. The Morgan fingerprint density at radius 1 is 1.00 bits per heavy atom. The van der Waals surface area contributed by atoms with Gasteiger partial charge in [-0.05, 0) is 0 Å². The molecule has 45 valence electrons. The Kier molecular flexibility index (Phi) is 26.1. The van der Waals surface area contributed by atoms with Crippen molar-refractivity contribution in [1.29, 1.82) is 0 Å². The number of hydrogen-bond acceptors (Lipinski definition) is 4. The van der Waals surface area contributed by atoms with Crippen LogP contribution in [-0.2, 0) is 38.8 Å². The molecule has 0 fully saturated rings. The zero-order chi connectivity index (χ0) is 4.50. The number of rotatable bonds is 0. The molecule has 0 saturated heterocycles. The van der Waals surface area contributed by atoms with Crippen LogP contribution in [0.4, 0.5) is 0 Å². The summed E-state index contributed by atoms with van der Waals surface area (Å²) in [4.78, 5) is 29.3. The van der Waals surface area contributed by atoms with Gasteiger partial charge in [0, 0.05) is 38.8 Å². The molecule has 0 spiro atoms. The Bertz CT molecular complexity index is 36.0. The minimum absolute atomic E-state index is 0. The van der Waals surface area contributed by atoms with Crippen molar-refractivity contribution in [2.45, 2.75) is 0 Å². The second-order valence-electron chi connectivity index (χ2n) is 0.600. The first-order valence-electron chi connectivity index (χ1n) is 0.894. The van der Waals surface area contributed by atoms with E-state index in [0.29, 0.717) is 0 Å². The van der Waals surface area contributed by atoms with E-state index in [9.17, 15) is 0 Å². The molecule has 0 amide bonds. The van der Waals surface area contributed by atoms with E-state index in [2.05, 4.69) is 0 Å². The molecule has 0 aromatic heterocycles. The first-order valence-corrected chi connectivity index (χ1v) is 2.68. The molecule has 0 bridgehead atoms. The van der Waals surface area contributed by atoms with Gasteiger partial charge >= 0.3 is 38.6 Å². The van der Waals surface area contributed by atoms with Gasteiger partial charge in [0.2, 0.25) is 0 Å². The topological polar surface area (TPSA) is 80.9 Å². The third-order valence-electron chi connectivity index (χ3n) is 0. The SMILES string of the molecule is O[Si](O)(O)O.[H-].[Mn].[Na+].[Ti]. The van der Waals surface area contributed by atoms with Gasteiger partial charge in [-0.3, -0.25) is 0 Å². The van der Waals surface area contributed by atoms with Crippen molar-refractivity contribution in [3.63, 3.8) is 0 Å². The first kappa shape index (κ1) is 22.4. The van der Waals surface area contributed by atoms with E-state index in [-0.39, 0.29) is 69.8 Å². The summed E-state index contributed by atoms with van der Waals surface area (Å²) in [5.41, 5.74) is 0.